The van der Waals surface area contributed by atoms with Crippen molar-refractivity contribution in [3.8, 4) is 0 Å². The number of rotatable bonds is 11. The molecule has 0 fully saturated rings. The van der Waals surface area contributed by atoms with E-state index in [2.05, 4.69) is 0 Å². The fourth-order valence-corrected chi connectivity index (χ4v) is 1.82. The molecule has 112 valence electrons. The normalized spacial score (nSPS) is 13.8. The molecular weight excluding hydrogens is 252 g/mol. The Labute approximate surface area is 114 Å². The number of hydrogen-bond acceptors (Lipinski definition) is 5. The van der Waals surface area contributed by atoms with Crippen LogP contribution >= 0.6 is 0 Å². The number of carboxylic acids is 1. The van der Waals surface area contributed by atoms with Crippen molar-refractivity contribution in [3.63, 3.8) is 0 Å². The van der Waals surface area contributed by atoms with Crippen molar-refractivity contribution in [2.24, 2.45) is 5.41 Å². The SMILES string of the molecule is CCCC(CCOCCOC)(C(=O)O)C(=O)OCC. The van der Waals surface area contributed by atoms with Crippen LogP contribution in [0, 0.1) is 5.41 Å². The number of carbonyl (C=O) groups is 2. The Kier molecular flexibility index (Phi) is 9.16. The molecule has 0 aliphatic carbocycles. The fourth-order valence-electron chi connectivity index (χ4n) is 1.82. The molecule has 0 spiro atoms. The minimum Gasteiger partial charge on any atom is -0.480 e. The molecule has 0 heterocycles. The highest BCUT2D eigenvalue weighted by atomic mass is 16.5. The Hall–Kier alpha value is -1.14. The van der Waals surface area contributed by atoms with Crippen LogP contribution < -0.4 is 0 Å². The van der Waals surface area contributed by atoms with Gasteiger partial charge in [-0.1, -0.05) is 13.3 Å². The Balaban J connectivity index is 4.63. The number of methoxy groups -OCH3 is 1. The summed E-state index contributed by atoms with van der Waals surface area (Å²) in [7, 11) is 1.56. The summed E-state index contributed by atoms with van der Waals surface area (Å²) in [5.74, 6) is -1.83. The van der Waals surface area contributed by atoms with Crippen molar-refractivity contribution in [2.45, 2.75) is 33.1 Å². The van der Waals surface area contributed by atoms with Crippen LogP contribution in [0.2, 0.25) is 0 Å². The van der Waals surface area contributed by atoms with Crippen LogP contribution in [0.1, 0.15) is 33.1 Å². The van der Waals surface area contributed by atoms with E-state index in [1.807, 2.05) is 6.92 Å². The zero-order valence-corrected chi connectivity index (χ0v) is 11.9. The maximum Gasteiger partial charge on any atom is 0.323 e. The highest BCUT2D eigenvalue weighted by molar-refractivity contribution is 5.99. The molecule has 0 bridgehead atoms. The third-order valence-electron chi connectivity index (χ3n) is 2.86. The van der Waals surface area contributed by atoms with E-state index in [0.29, 0.717) is 19.6 Å². The molecule has 0 aromatic carbocycles. The first-order valence-corrected chi connectivity index (χ1v) is 6.52. The van der Waals surface area contributed by atoms with Crippen LogP contribution in [-0.2, 0) is 23.8 Å². The lowest BCUT2D eigenvalue weighted by Gasteiger charge is -2.26. The smallest absolute Gasteiger partial charge is 0.323 e. The Bertz CT molecular complexity index is 278. The molecule has 0 aromatic heterocycles. The van der Waals surface area contributed by atoms with E-state index in [-0.39, 0.29) is 26.1 Å². The van der Waals surface area contributed by atoms with Crippen molar-refractivity contribution in [2.75, 3.05) is 33.5 Å². The standard InChI is InChI=1S/C13H24O6/c1-4-6-13(11(14)15,12(16)19-5-2)7-8-18-10-9-17-3/h4-10H2,1-3H3,(H,14,15). The molecule has 0 saturated carbocycles. The van der Waals surface area contributed by atoms with Crippen molar-refractivity contribution in [3.05, 3.63) is 0 Å². The van der Waals surface area contributed by atoms with Gasteiger partial charge in [0.2, 0.25) is 0 Å². The maximum atomic E-state index is 11.9. The Morgan fingerprint density at radius 1 is 1.11 bits per heavy atom. The topological polar surface area (TPSA) is 82.1 Å². The predicted octanol–water partition coefficient (Wildman–Crippen LogP) is 1.47. The molecule has 19 heavy (non-hydrogen) atoms. The van der Waals surface area contributed by atoms with Gasteiger partial charge in [0.15, 0.2) is 5.41 Å². The van der Waals surface area contributed by atoms with Crippen LogP contribution in [0.5, 0.6) is 0 Å². The van der Waals surface area contributed by atoms with Gasteiger partial charge in [0.1, 0.15) is 0 Å². The minimum atomic E-state index is -1.50. The van der Waals surface area contributed by atoms with Crippen molar-refractivity contribution in [1.82, 2.24) is 0 Å². The number of esters is 1. The summed E-state index contributed by atoms with van der Waals surface area (Å²) in [6.45, 7) is 4.67. The van der Waals surface area contributed by atoms with E-state index < -0.39 is 17.4 Å². The molecular formula is C13H24O6. The molecule has 1 N–H and O–H groups in total. The molecule has 6 heteroatoms. The van der Waals surface area contributed by atoms with Crippen molar-refractivity contribution in [1.29, 1.82) is 0 Å². The van der Waals surface area contributed by atoms with Gasteiger partial charge in [-0.15, -0.1) is 0 Å². The highest BCUT2D eigenvalue weighted by Gasteiger charge is 2.46. The second-order valence-electron chi connectivity index (χ2n) is 4.21. The molecule has 0 rings (SSSR count). The summed E-state index contributed by atoms with van der Waals surface area (Å²) in [5, 5.41) is 9.37. The van der Waals surface area contributed by atoms with Gasteiger partial charge >= 0.3 is 11.9 Å². The molecule has 0 aliphatic rings. The van der Waals surface area contributed by atoms with Crippen LogP contribution in [0.15, 0.2) is 0 Å². The van der Waals surface area contributed by atoms with Gasteiger partial charge in [0, 0.05) is 13.7 Å². The van der Waals surface area contributed by atoms with E-state index in [4.69, 9.17) is 14.2 Å². The third kappa shape index (κ3) is 5.57. The number of hydrogen-bond donors (Lipinski definition) is 1. The summed E-state index contributed by atoms with van der Waals surface area (Å²) in [4.78, 5) is 23.4. The zero-order chi connectivity index (χ0) is 14.7. The molecule has 1 atom stereocenters. The summed E-state index contributed by atoms with van der Waals surface area (Å²) in [6, 6.07) is 0. The van der Waals surface area contributed by atoms with Gasteiger partial charge in [-0.3, -0.25) is 9.59 Å². The Morgan fingerprint density at radius 3 is 2.26 bits per heavy atom. The Morgan fingerprint density at radius 2 is 1.79 bits per heavy atom. The summed E-state index contributed by atoms with van der Waals surface area (Å²) >= 11 is 0. The van der Waals surface area contributed by atoms with Gasteiger partial charge in [-0.25, -0.2) is 0 Å². The number of carbonyl (C=O) groups excluding carboxylic acids is 1. The first-order chi connectivity index (χ1) is 9.05. The molecule has 6 nitrogen and oxygen atoms in total. The quantitative estimate of drug-likeness (QED) is 0.349. The average Bonchev–Trinajstić information content (AvgIpc) is 2.37. The van der Waals surface area contributed by atoms with Crippen molar-refractivity contribution >= 4 is 11.9 Å². The largest absolute Gasteiger partial charge is 0.480 e. The number of aliphatic carboxylic acids is 1. The third-order valence-corrected chi connectivity index (χ3v) is 2.86. The average molecular weight is 276 g/mol. The van der Waals surface area contributed by atoms with Gasteiger partial charge in [0.05, 0.1) is 19.8 Å². The number of ether oxygens (including phenoxy) is 3. The van der Waals surface area contributed by atoms with E-state index in [9.17, 15) is 14.7 Å². The molecule has 0 radical (unpaired) electrons. The van der Waals surface area contributed by atoms with Crippen LogP contribution in [0.3, 0.4) is 0 Å². The lowest BCUT2D eigenvalue weighted by molar-refractivity contribution is -0.171. The van der Waals surface area contributed by atoms with E-state index in [1.54, 1.807) is 14.0 Å². The molecule has 0 aliphatic heterocycles. The molecule has 0 saturated heterocycles. The summed E-state index contributed by atoms with van der Waals surface area (Å²) in [6.07, 6.45) is 0.941. The van der Waals surface area contributed by atoms with Gasteiger partial charge in [0.25, 0.3) is 0 Å². The van der Waals surface area contributed by atoms with Crippen LogP contribution in [0.4, 0.5) is 0 Å². The van der Waals surface area contributed by atoms with Gasteiger partial charge in [-0.2, -0.15) is 0 Å². The van der Waals surface area contributed by atoms with E-state index in [1.165, 1.54) is 0 Å². The second kappa shape index (κ2) is 9.75. The van der Waals surface area contributed by atoms with Crippen LogP contribution in [-0.4, -0.2) is 50.6 Å². The van der Waals surface area contributed by atoms with Crippen LogP contribution in [0.25, 0.3) is 0 Å². The summed E-state index contributed by atoms with van der Waals surface area (Å²) in [5.41, 5.74) is -1.50. The highest BCUT2D eigenvalue weighted by Crippen LogP contribution is 2.30. The van der Waals surface area contributed by atoms with Gasteiger partial charge in [-0.05, 0) is 19.8 Å². The second-order valence-corrected chi connectivity index (χ2v) is 4.21. The van der Waals surface area contributed by atoms with Gasteiger partial charge < -0.3 is 19.3 Å². The molecule has 0 aromatic rings. The predicted molar refractivity (Wildman–Crippen MR) is 68.9 cm³/mol. The van der Waals surface area contributed by atoms with E-state index in [0.717, 1.165) is 0 Å². The zero-order valence-electron chi connectivity index (χ0n) is 11.9. The molecule has 0 amide bonds. The minimum absolute atomic E-state index is 0.110. The summed E-state index contributed by atoms with van der Waals surface area (Å²) < 4.78 is 15.0. The lowest BCUT2D eigenvalue weighted by Crippen LogP contribution is -2.41. The fraction of sp³-hybridized carbons (Fsp3) is 0.846. The molecule has 1 unspecified atom stereocenters. The first-order valence-electron chi connectivity index (χ1n) is 6.52. The van der Waals surface area contributed by atoms with Crippen molar-refractivity contribution < 1.29 is 28.9 Å². The monoisotopic (exact) mass is 276 g/mol. The van der Waals surface area contributed by atoms with E-state index >= 15 is 0 Å². The first kappa shape index (κ1) is 17.9. The number of carboxylic acid groups (broad SMARTS) is 1. The maximum absolute atomic E-state index is 11.9. The lowest BCUT2D eigenvalue weighted by atomic mass is 9.80.